The Hall–Kier alpha value is -1.82. The lowest BCUT2D eigenvalue weighted by Crippen LogP contribution is -2.11. The van der Waals surface area contributed by atoms with E-state index < -0.39 is 0 Å². The normalized spacial score (nSPS) is 25.9. The molecule has 0 atom stereocenters. The van der Waals surface area contributed by atoms with Gasteiger partial charge in [0.2, 0.25) is 0 Å². The molecule has 0 amide bonds. The largest absolute Gasteiger partial charge is 0.283 e. The molecule has 0 spiro atoms. The second-order valence-electron chi connectivity index (χ2n) is 2.14. The highest BCUT2D eigenvalue weighted by atomic mass is 16.5. The molecule has 2 aliphatic rings. The van der Waals surface area contributed by atoms with E-state index in [1.165, 1.54) is 18.8 Å². The standard InChI is InChI=1S/C6H5N5O/c12-11-2-1-5(7-4-11)6-3-8-10-9-6/h1-4,12H. The maximum Gasteiger partial charge on any atom is 0.133 e. The average molecular weight is 163 g/mol. The maximum atomic E-state index is 8.86. The van der Waals surface area contributed by atoms with Crippen LogP contribution >= 0.6 is 0 Å². The van der Waals surface area contributed by atoms with Crippen molar-refractivity contribution in [3.05, 3.63) is 23.7 Å². The van der Waals surface area contributed by atoms with Gasteiger partial charge < -0.3 is 0 Å². The second kappa shape index (κ2) is 2.67. The smallest absolute Gasteiger partial charge is 0.133 e. The van der Waals surface area contributed by atoms with E-state index >= 15 is 0 Å². The van der Waals surface area contributed by atoms with Crippen LogP contribution in [0.25, 0.3) is 0 Å². The Morgan fingerprint density at radius 2 is 2.25 bits per heavy atom. The number of aliphatic imine (C=N–C) groups is 1. The van der Waals surface area contributed by atoms with Crippen molar-refractivity contribution in [2.75, 3.05) is 0 Å². The molecule has 0 radical (unpaired) electrons. The monoisotopic (exact) mass is 163 g/mol. The van der Waals surface area contributed by atoms with Gasteiger partial charge in [-0.2, -0.15) is 0 Å². The predicted octanol–water partition coefficient (Wildman–Crippen LogP) is 0.896. The van der Waals surface area contributed by atoms with Gasteiger partial charge >= 0.3 is 0 Å². The van der Waals surface area contributed by atoms with Crippen molar-refractivity contribution < 1.29 is 5.21 Å². The van der Waals surface area contributed by atoms with Crippen molar-refractivity contribution in [2.24, 2.45) is 20.4 Å². The summed E-state index contributed by atoms with van der Waals surface area (Å²) >= 11 is 0. The van der Waals surface area contributed by atoms with E-state index in [0.717, 1.165) is 5.06 Å². The van der Waals surface area contributed by atoms with Crippen LogP contribution in [0.4, 0.5) is 0 Å². The molecular formula is C6H5N5O. The van der Waals surface area contributed by atoms with Gasteiger partial charge in [0.25, 0.3) is 0 Å². The van der Waals surface area contributed by atoms with Crippen molar-refractivity contribution in [3.63, 3.8) is 0 Å². The van der Waals surface area contributed by atoms with Gasteiger partial charge in [-0.3, -0.25) is 5.21 Å². The molecule has 0 bridgehead atoms. The van der Waals surface area contributed by atoms with E-state index in [2.05, 4.69) is 20.4 Å². The fourth-order valence-corrected chi connectivity index (χ4v) is 0.799. The third-order valence-electron chi connectivity index (χ3n) is 1.35. The van der Waals surface area contributed by atoms with Crippen molar-refractivity contribution in [3.8, 4) is 0 Å². The minimum absolute atomic E-state index is 0.593. The molecule has 60 valence electrons. The Morgan fingerprint density at radius 1 is 1.33 bits per heavy atom. The highest BCUT2D eigenvalue weighted by Gasteiger charge is 2.06. The molecular weight excluding hydrogens is 158 g/mol. The minimum atomic E-state index is 0.593. The van der Waals surface area contributed by atoms with E-state index in [1.807, 2.05) is 0 Å². The van der Waals surface area contributed by atoms with Crippen LogP contribution in [0.1, 0.15) is 0 Å². The summed E-state index contributed by atoms with van der Waals surface area (Å²) in [6, 6.07) is 0. The zero-order chi connectivity index (χ0) is 8.39. The molecule has 0 aromatic carbocycles. The molecule has 6 nitrogen and oxygen atoms in total. The van der Waals surface area contributed by atoms with Crippen LogP contribution in [0.3, 0.4) is 0 Å². The van der Waals surface area contributed by atoms with Gasteiger partial charge in [0.1, 0.15) is 12.0 Å². The highest BCUT2D eigenvalue weighted by molar-refractivity contribution is 5.81. The Bertz CT molecular complexity index is 308. The first-order chi connectivity index (χ1) is 5.86. The van der Waals surface area contributed by atoms with Crippen LogP contribution < -0.4 is 0 Å². The molecule has 2 heterocycles. The van der Waals surface area contributed by atoms with Crippen LogP contribution in [-0.4, -0.2) is 22.8 Å². The number of hydrogen-bond donors (Lipinski definition) is 1. The van der Waals surface area contributed by atoms with E-state index in [4.69, 9.17) is 5.21 Å². The molecule has 6 heteroatoms. The zero-order valence-corrected chi connectivity index (χ0v) is 5.99. The van der Waals surface area contributed by atoms with E-state index in [0.29, 0.717) is 11.4 Å². The molecule has 0 saturated carbocycles. The Morgan fingerprint density at radius 3 is 2.83 bits per heavy atom. The summed E-state index contributed by atoms with van der Waals surface area (Å²) in [5, 5.41) is 20.4. The molecule has 0 aromatic rings. The van der Waals surface area contributed by atoms with Gasteiger partial charge in [-0.25, -0.2) is 10.1 Å². The summed E-state index contributed by atoms with van der Waals surface area (Å²) in [4.78, 5) is 3.89. The Balaban J connectivity index is 2.32. The molecule has 0 saturated heterocycles. The third kappa shape index (κ3) is 1.15. The SMILES string of the molecule is ON1C=CC(=C2C=NN=N2)N=C1. The summed E-state index contributed by atoms with van der Waals surface area (Å²) in [6.45, 7) is 0. The summed E-state index contributed by atoms with van der Waals surface area (Å²) in [6.07, 6.45) is 5.84. The first-order valence-corrected chi connectivity index (χ1v) is 3.24. The van der Waals surface area contributed by atoms with Crippen LogP contribution in [0.2, 0.25) is 0 Å². The third-order valence-corrected chi connectivity index (χ3v) is 1.35. The first-order valence-electron chi connectivity index (χ1n) is 3.24. The van der Waals surface area contributed by atoms with E-state index in [1.54, 1.807) is 6.08 Å². The first kappa shape index (κ1) is 6.86. The number of nitrogens with zero attached hydrogens (tertiary/aromatic N) is 5. The number of hydrogen-bond acceptors (Lipinski definition) is 6. The minimum Gasteiger partial charge on any atom is -0.283 e. The van der Waals surface area contributed by atoms with Crippen molar-refractivity contribution in [2.45, 2.75) is 0 Å². The fourth-order valence-electron chi connectivity index (χ4n) is 0.799. The lowest BCUT2D eigenvalue weighted by atomic mass is 10.3. The summed E-state index contributed by atoms with van der Waals surface area (Å²) in [5.41, 5.74) is 1.22. The molecule has 0 aliphatic carbocycles. The zero-order valence-electron chi connectivity index (χ0n) is 5.99. The summed E-state index contributed by atoms with van der Waals surface area (Å²) in [5.74, 6) is 0. The second-order valence-corrected chi connectivity index (χ2v) is 2.14. The lowest BCUT2D eigenvalue weighted by molar-refractivity contribution is 0.0429. The molecule has 12 heavy (non-hydrogen) atoms. The average Bonchev–Trinajstić information content (AvgIpc) is 2.58. The van der Waals surface area contributed by atoms with Gasteiger partial charge in [-0.15, -0.1) is 10.2 Å². The number of hydroxylamine groups is 2. The van der Waals surface area contributed by atoms with Crippen molar-refractivity contribution in [1.82, 2.24) is 5.06 Å². The van der Waals surface area contributed by atoms with Crippen LogP contribution in [-0.2, 0) is 0 Å². The maximum absolute atomic E-state index is 8.86. The Kier molecular flexibility index (Phi) is 1.52. The van der Waals surface area contributed by atoms with Crippen LogP contribution in [0.15, 0.2) is 44.1 Å². The van der Waals surface area contributed by atoms with Gasteiger partial charge in [-0.1, -0.05) is 0 Å². The molecule has 0 fully saturated rings. The van der Waals surface area contributed by atoms with Crippen LogP contribution in [0, 0.1) is 0 Å². The number of allylic oxidation sites excluding steroid dienone is 2. The van der Waals surface area contributed by atoms with Crippen molar-refractivity contribution in [1.29, 1.82) is 0 Å². The lowest BCUT2D eigenvalue weighted by Gasteiger charge is -2.08. The highest BCUT2D eigenvalue weighted by Crippen LogP contribution is 2.14. The number of rotatable bonds is 0. The van der Waals surface area contributed by atoms with E-state index in [-0.39, 0.29) is 0 Å². The van der Waals surface area contributed by atoms with Gasteiger partial charge in [0, 0.05) is 6.20 Å². The van der Waals surface area contributed by atoms with Gasteiger partial charge in [-0.05, 0) is 11.3 Å². The van der Waals surface area contributed by atoms with Gasteiger partial charge in [0.05, 0.1) is 11.9 Å². The molecule has 2 aliphatic heterocycles. The van der Waals surface area contributed by atoms with Crippen LogP contribution in [0.5, 0.6) is 0 Å². The predicted molar refractivity (Wildman–Crippen MR) is 41.6 cm³/mol. The Labute approximate surface area is 67.9 Å². The topological polar surface area (TPSA) is 72.9 Å². The quantitative estimate of drug-likeness (QED) is 0.576. The molecule has 0 aromatic heterocycles. The fraction of sp³-hybridized carbons (Fsp3) is 0. The summed E-state index contributed by atoms with van der Waals surface area (Å²) < 4.78 is 0. The van der Waals surface area contributed by atoms with Crippen molar-refractivity contribution >= 4 is 12.6 Å². The van der Waals surface area contributed by atoms with Gasteiger partial charge in [0.15, 0.2) is 0 Å². The molecule has 1 N–H and O–H groups in total. The molecule has 0 unspecified atom stereocenters. The van der Waals surface area contributed by atoms with E-state index in [9.17, 15) is 0 Å². The molecule has 2 rings (SSSR count). The summed E-state index contributed by atoms with van der Waals surface area (Å²) in [7, 11) is 0.